The third-order valence-electron chi connectivity index (χ3n) is 4.49. The summed E-state index contributed by atoms with van der Waals surface area (Å²) in [5, 5.41) is 12.6. The monoisotopic (exact) mass is 250 g/mol. The summed E-state index contributed by atoms with van der Waals surface area (Å²) in [5.41, 5.74) is -0.314. The van der Waals surface area contributed by atoms with Gasteiger partial charge in [0.15, 0.2) is 0 Å². The van der Waals surface area contributed by atoms with E-state index in [-0.39, 0.29) is 5.54 Å². The van der Waals surface area contributed by atoms with Crippen molar-refractivity contribution in [1.29, 1.82) is 5.26 Å². The van der Waals surface area contributed by atoms with Crippen molar-refractivity contribution in [1.82, 2.24) is 5.32 Å². The molecule has 1 N–H and O–H groups in total. The minimum Gasteiger partial charge on any atom is -0.378 e. The van der Waals surface area contributed by atoms with E-state index in [2.05, 4.69) is 18.3 Å². The zero-order chi connectivity index (χ0) is 12.8. The molecule has 2 aliphatic rings. The molecule has 0 aromatic rings. The van der Waals surface area contributed by atoms with Gasteiger partial charge in [-0.15, -0.1) is 0 Å². The van der Waals surface area contributed by atoms with Gasteiger partial charge in [0.25, 0.3) is 0 Å². The van der Waals surface area contributed by atoms with Crippen LogP contribution in [0.2, 0.25) is 0 Å². The van der Waals surface area contributed by atoms with E-state index in [4.69, 9.17) is 4.74 Å². The van der Waals surface area contributed by atoms with Gasteiger partial charge in [-0.25, -0.2) is 0 Å². The standard InChI is InChI=1S/C15H26N2O/c1-2-17-15(12-16)9-8-14(10-15)18-11-13-6-4-3-5-7-13/h13-14,17H,2-11H2,1H3. The SMILES string of the molecule is CCNC1(C#N)CCC(OCC2CCCCC2)C1. The second-order valence-electron chi connectivity index (χ2n) is 5.93. The fraction of sp³-hybridized carbons (Fsp3) is 0.933. The molecule has 0 spiro atoms. The van der Waals surface area contributed by atoms with E-state index in [1.807, 2.05) is 0 Å². The van der Waals surface area contributed by atoms with E-state index in [1.165, 1.54) is 32.1 Å². The molecule has 0 aliphatic heterocycles. The highest BCUT2D eigenvalue weighted by atomic mass is 16.5. The van der Waals surface area contributed by atoms with E-state index < -0.39 is 0 Å². The fourth-order valence-corrected chi connectivity index (χ4v) is 3.41. The number of nitrogens with zero attached hydrogens (tertiary/aromatic N) is 1. The van der Waals surface area contributed by atoms with Crippen molar-refractivity contribution in [2.45, 2.75) is 69.9 Å². The summed E-state index contributed by atoms with van der Waals surface area (Å²) >= 11 is 0. The Hall–Kier alpha value is -0.590. The van der Waals surface area contributed by atoms with Crippen LogP contribution in [0.15, 0.2) is 0 Å². The van der Waals surface area contributed by atoms with Crippen LogP contribution >= 0.6 is 0 Å². The maximum Gasteiger partial charge on any atom is 0.109 e. The van der Waals surface area contributed by atoms with E-state index in [0.29, 0.717) is 6.10 Å². The van der Waals surface area contributed by atoms with E-state index in [0.717, 1.165) is 38.3 Å². The van der Waals surface area contributed by atoms with Gasteiger partial charge in [-0.05, 0) is 38.1 Å². The van der Waals surface area contributed by atoms with Gasteiger partial charge in [0.2, 0.25) is 0 Å². The molecular weight excluding hydrogens is 224 g/mol. The maximum atomic E-state index is 9.31. The molecule has 0 bridgehead atoms. The Labute approximate surface area is 111 Å². The second kappa shape index (κ2) is 6.54. The van der Waals surface area contributed by atoms with Crippen LogP contribution in [0.5, 0.6) is 0 Å². The molecule has 18 heavy (non-hydrogen) atoms. The zero-order valence-corrected chi connectivity index (χ0v) is 11.6. The predicted octanol–water partition coefficient (Wildman–Crippen LogP) is 3.01. The molecule has 0 saturated heterocycles. The van der Waals surface area contributed by atoms with Gasteiger partial charge in [-0.1, -0.05) is 26.2 Å². The van der Waals surface area contributed by atoms with Crippen molar-refractivity contribution < 1.29 is 4.74 Å². The predicted molar refractivity (Wildman–Crippen MR) is 72.2 cm³/mol. The highest BCUT2D eigenvalue weighted by molar-refractivity contribution is 5.12. The topological polar surface area (TPSA) is 45.0 Å². The Bertz CT molecular complexity index is 293. The summed E-state index contributed by atoms with van der Waals surface area (Å²) in [6.07, 6.45) is 9.95. The summed E-state index contributed by atoms with van der Waals surface area (Å²) in [4.78, 5) is 0. The summed E-state index contributed by atoms with van der Waals surface area (Å²) in [7, 11) is 0. The van der Waals surface area contributed by atoms with Crippen LogP contribution < -0.4 is 5.32 Å². The van der Waals surface area contributed by atoms with Gasteiger partial charge in [0.1, 0.15) is 5.54 Å². The van der Waals surface area contributed by atoms with Crippen molar-refractivity contribution in [2.75, 3.05) is 13.2 Å². The minimum absolute atomic E-state index is 0.297. The molecule has 0 radical (unpaired) electrons. The van der Waals surface area contributed by atoms with Gasteiger partial charge in [-0.2, -0.15) is 5.26 Å². The molecule has 0 aromatic carbocycles. The lowest BCUT2D eigenvalue weighted by Crippen LogP contribution is -2.42. The molecule has 2 saturated carbocycles. The molecule has 102 valence electrons. The first kappa shape index (κ1) is 13.8. The number of hydrogen-bond donors (Lipinski definition) is 1. The summed E-state index contributed by atoms with van der Waals surface area (Å²) in [6.45, 7) is 3.84. The van der Waals surface area contributed by atoms with Crippen LogP contribution in [0.1, 0.15) is 58.3 Å². The Morgan fingerprint density at radius 2 is 2.06 bits per heavy atom. The fourth-order valence-electron chi connectivity index (χ4n) is 3.41. The second-order valence-corrected chi connectivity index (χ2v) is 5.93. The molecular formula is C15H26N2O. The molecule has 2 atom stereocenters. The molecule has 0 amide bonds. The number of rotatable bonds is 5. The molecule has 2 unspecified atom stereocenters. The highest BCUT2D eigenvalue weighted by Gasteiger charge is 2.39. The number of hydrogen-bond acceptors (Lipinski definition) is 3. The average molecular weight is 250 g/mol. The van der Waals surface area contributed by atoms with Crippen LogP contribution in [0.4, 0.5) is 0 Å². The minimum atomic E-state index is -0.314. The lowest BCUT2D eigenvalue weighted by molar-refractivity contribution is 0.0222. The van der Waals surface area contributed by atoms with Crippen molar-refractivity contribution in [2.24, 2.45) is 5.92 Å². The quantitative estimate of drug-likeness (QED) is 0.815. The van der Waals surface area contributed by atoms with Crippen LogP contribution in [0.3, 0.4) is 0 Å². The van der Waals surface area contributed by atoms with Gasteiger partial charge in [-0.3, -0.25) is 5.32 Å². The Kier molecular flexibility index (Phi) is 5.03. The number of nitrogens with one attached hydrogen (secondary N) is 1. The smallest absolute Gasteiger partial charge is 0.109 e. The molecule has 2 rings (SSSR count). The normalized spacial score (nSPS) is 33.4. The first-order valence-corrected chi connectivity index (χ1v) is 7.56. The summed E-state index contributed by atoms with van der Waals surface area (Å²) < 4.78 is 6.05. The Balaban J connectivity index is 1.73. The third-order valence-corrected chi connectivity index (χ3v) is 4.49. The van der Waals surface area contributed by atoms with E-state index >= 15 is 0 Å². The lowest BCUT2D eigenvalue weighted by Gasteiger charge is -2.24. The van der Waals surface area contributed by atoms with E-state index in [9.17, 15) is 5.26 Å². The average Bonchev–Trinajstić information content (AvgIpc) is 2.82. The molecule has 3 nitrogen and oxygen atoms in total. The van der Waals surface area contributed by atoms with Crippen molar-refractivity contribution in [3.8, 4) is 6.07 Å². The van der Waals surface area contributed by atoms with Gasteiger partial charge >= 0.3 is 0 Å². The molecule has 0 heterocycles. The molecule has 3 heteroatoms. The molecule has 2 aliphatic carbocycles. The maximum absolute atomic E-state index is 9.31. The first-order chi connectivity index (χ1) is 8.78. The zero-order valence-electron chi connectivity index (χ0n) is 11.6. The highest BCUT2D eigenvalue weighted by Crippen LogP contribution is 2.32. The van der Waals surface area contributed by atoms with Crippen LogP contribution in [-0.4, -0.2) is 24.8 Å². The van der Waals surface area contributed by atoms with Crippen LogP contribution in [-0.2, 0) is 4.74 Å². The van der Waals surface area contributed by atoms with E-state index in [1.54, 1.807) is 0 Å². The van der Waals surface area contributed by atoms with Crippen LogP contribution in [0, 0.1) is 17.2 Å². The Morgan fingerprint density at radius 1 is 1.28 bits per heavy atom. The van der Waals surface area contributed by atoms with Gasteiger partial charge in [0, 0.05) is 13.0 Å². The third kappa shape index (κ3) is 3.46. The molecule has 2 fully saturated rings. The number of nitriles is 1. The Morgan fingerprint density at radius 3 is 2.72 bits per heavy atom. The lowest BCUT2D eigenvalue weighted by atomic mass is 9.90. The molecule has 0 aromatic heterocycles. The largest absolute Gasteiger partial charge is 0.378 e. The van der Waals surface area contributed by atoms with Gasteiger partial charge < -0.3 is 4.74 Å². The summed E-state index contributed by atoms with van der Waals surface area (Å²) in [6, 6.07) is 2.46. The van der Waals surface area contributed by atoms with Crippen molar-refractivity contribution in [3.05, 3.63) is 0 Å². The first-order valence-electron chi connectivity index (χ1n) is 7.56. The van der Waals surface area contributed by atoms with Crippen molar-refractivity contribution >= 4 is 0 Å². The van der Waals surface area contributed by atoms with Gasteiger partial charge in [0.05, 0.1) is 12.2 Å². The van der Waals surface area contributed by atoms with Crippen molar-refractivity contribution in [3.63, 3.8) is 0 Å². The van der Waals surface area contributed by atoms with Crippen LogP contribution in [0.25, 0.3) is 0 Å². The number of ether oxygens (including phenoxy) is 1. The summed E-state index contributed by atoms with van der Waals surface area (Å²) in [5.74, 6) is 0.773.